The van der Waals surface area contributed by atoms with Crippen LogP contribution in [0.25, 0.3) is 0 Å². The van der Waals surface area contributed by atoms with Gasteiger partial charge in [-0.1, -0.05) is 36.6 Å². The van der Waals surface area contributed by atoms with Crippen molar-refractivity contribution in [3.05, 3.63) is 34.3 Å². The number of benzene rings is 1. The van der Waals surface area contributed by atoms with Crippen LogP contribution in [0, 0.1) is 6.92 Å². The van der Waals surface area contributed by atoms with E-state index in [1.165, 1.54) is 25.7 Å². The summed E-state index contributed by atoms with van der Waals surface area (Å²) >= 11 is 6.09. The van der Waals surface area contributed by atoms with Gasteiger partial charge in [0.2, 0.25) is 0 Å². The average molecular weight is 262 g/mol. The van der Waals surface area contributed by atoms with Gasteiger partial charge in [0.25, 0.3) is 0 Å². The molecule has 1 radical (unpaired) electrons. The van der Waals surface area contributed by atoms with Gasteiger partial charge in [0.15, 0.2) is 5.52 Å². The predicted octanol–water partition coefficient (Wildman–Crippen LogP) is 4.03. The minimum atomic E-state index is 0. The molecule has 0 saturated heterocycles. The average Bonchev–Trinajstić information content (AvgIpc) is 2.70. The molecule has 0 N–H and O–H groups in total. The molecule has 1 atom stereocenters. The minimum absolute atomic E-state index is 0. The fourth-order valence-electron chi connectivity index (χ4n) is 2.25. The molecule has 0 bridgehead atoms. The first-order valence-corrected chi connectivity index (χ1v) is 7.20. The summed E-state index contributed by atoms with van der Waals surface area (Å²) in [6.07, 6.45) is 5.00. The molecule has 1 aromatic rings. The molecule has 1 saturated carbocycles. The monoisotopic (exact) mass is 261 g/mol. The zero-order chi connectivity index (χ0) is 11.5. The smallest absolute Gasteiger partial charge is 0.183 e. The van der Waals surface area contributed by atoms with Gasteiger partial charge in [0.1, 0.15) is 0 Å². The molecule has 2 rings (SSSR count). The van der Waals surface area contributed by atoms with Crippen LogP contribution < -0.4 is 0 Å². The quantitative estimate of drug-likeness (QED) is 0.593. The van der Waals surface area contributed by atoms with Crippen LogP contribution in [-0.2, 0) is 0 Å². The maximum absolute atomic E-state index is 12.2. The van der Waals surface area contributed by atoms with Gasteiger partial charge in [-0.2, -0.15) is 0 Å². The van der Waals surface area contributed by atoms with Crippen molar-refractivity contribution in [3.8, 4) is 0 Å². The SMILES string of the molecule is Cc1cccc(Cl)c1C(=O)PC1CCCC1.[Li]. The predicted molar refractivity (Wildman–Crippen MR) is 76.8 cm³/mol. The molecule has 4 heteroatoms. The van der Waals surface area contributed by atoms with E-state index in [0.717, 1.165) is 11.1 Å². The van der Waals surface area contributed by atoms with Gasteiger partial charge in [-0.05, 0) is 45.6 Å². The number of halogens is 1. The third kappa shape index (κ3) is 3.83. The van der Waals surface area contributed by atoms with E-state index < -0.39 is 0 Å². The molecule has 1 fully saturated rings. The Kier molecular flexibility index (Phi) is 6.25. The van der Waals surface area contributed by atoms with Gasteiger partial charge in [0.05, 0.1) is 5.02 Å². The summed E-state index contributed by atoms with van der Waals surface area (Å²) in [5.74, 6) is 0. The molecule has 0 spiro atoms. The summed E-state index contributed by atoms with van der Waals surface area (Å²) in [6, 6.07) is 5.66. The molecule has 0 aromatic heterocycles. The van der Waals surface area contributed by atoms with E-state index in [2.05, 4.69) is 0 Å². The van der Waals surface area contributed by atoms with Crippen molar-refractivity contribution in [2.45, 2.75) is 38.3 Å². The van der Waals surface area contributed by atoms with Crippen molar-refractivity contribution in [1.29, 1.82) is 0 Å². The van der Waals surface area contributed by atoms with E-state index in [1.807, 2.05) is 19.1 Å². The van der Waals surface area contributed by atoms with Crippen molar-refractivity contribution in [2.75, 3.05) is 0 Å². The molecule has 0 heterocycles. The zero-order valence-corrected chi connectivity index (χ0v) is 12.2. The van der Waals surface area contributed by atoms with Crippen molar-refractivity contribution in [1.82, 2.24) is 0 Å². The summed E-state index contributed by atoms with van der Waals surface area (Å²) in [6.45, 7) is 1.96. The van der Waals surface area contributed by atoms with Crippen LogP contribution in [0.5, 0.6) is 0 Å². The molecule has 1 unspecified atom stereocenters. The standard InChI is InChI=1S/C13H16ClOP.Li/c1-9-5-4-8-11(14)12(9)13(15)16-10-6-2-3-7-10;/h4-5,8,10,16H,2-3,6-7H2,1H3;. The molecule has 17 heavy (non-hydrogen) atoms. The number of rotatable bonds is 3. The van der Waals surface area contributed by atoms with Crippen molar-refractivity contribution >= 4 is 44.6 Å². The van der Waals surface area contributed by atoms with Gasteiger partial charge in [-0.3, -0.25) is 4.79 Å². The Labute approximate surface area is 122 Å². The first kappa shape index (κ1) is 15.3. The van der Waals surface area contributed by atoms with E-state index in [1.54, 1.807) is 6.07 Å². The van der Waals surface area contributed by atoms with Gasteiger partial charge in [-0.15, -0.1) is 0 Å². The number of hydrogen-bond donors (Lipinski definition) is 0. The zero-order valence-electron chi connectivity index (χ0n) is 10.4. The number of carbonyl (C=O) groups excluding carboxylic acids is 1. The normalized spacial score (nSPS) is 16.4. The Bertz CT molecular complexity index is 382. The van der Waals surface area contributed by atoms with Crippen molar-refractivity contribution < 1.29 is 4.79 Å². The molecule has 0 amide bonds. The Morgan fingerprint density at radius 3 is 2.59 bits per heavy atom. The first-order chi connectivity index (χ1) is 7.68. The van der Waals surface area contributed by atoms with E-state index in [-0.39, 0.29) is 24.4 Å². The van der Waals surface area contributed by atoms with Crippen LogP contribution in [-0.4, -0.2) is 30.0 Å². The number of aryl methyl sites for hydroxylation is 1. The van der Waals surface area contributed by atoms with Crippen LogP contribution >= 0.6 is 20.2 Å². The van der Waals surface area contributed by atoms with Gasteiger partial charge in [-0.25, -0.2) is 0 Å². The van der Waals surface area contributed by atoms with Crippen molar-refractivity contribution in [2.24, 2.45) is 0 Å². The Morgan fingerprint density at radius 1 is 1.35 bits per heavy atom. The summed E-state index contributed by atoms with van der Waals surface area (Å²) < 4.78 is 0. The molecule has 1 aliphatic carbocycles. The largest absolute Gasteiger partial charge is 0.289 e. The second-order valence-electron chi connectivity index (χ2n) is 4.39. The maximum atomic E-state index is 12.2. The summed E-state index contributed by atoms with van der Waals surface area (Å²) in [7, 11) is 0.407. The Hall–Kier alpha value is 0.207. The third-order valence-corrected chi connectivity index (χ3v) is 4.95. The Morgan fingerprint density at radius 2 is 2.00 bits per heavy atom. The number of carbonyl (C=O) groups is 1. The molecule has 87 valence electrons. The van der Waals surface area contributed by atoms with Crippen LogP contribution in [0.4, 0.5) is 0 Å². The van der Waals surface area contributed by atoms with E-state index in [9.17, 15) is 4.79 Å². The first-order valence-electron chi connectivity index (χ1n) is 5.74. The minimum Gasteiger partial charge on any atom is -0.289 e. The van der Waals surface area contributed by atoms with Crippen LogP contribution in [0.15, 0.2) is 18.2 Å². The van der Waals surface area contributed by atoms with Crippen LogP contribution in [0.3, 0.4) is 0 Å². The van der Waals surface area contributed by atoms with E-state index in [4.69, 9.17) is 11.6 Å². The molecule has 1 aliphatic rings. The Balaban J connectivity index is 0.00000144. The molecular formula is C13H16ClLiOP. The number of hydrogen-bond acceptors (Lipinski definition) is 1. The molecule has 1 nitrogen and oxygen atoms in total. The van der Waals surface area contributed by atoms with E-state index in [0.29, 0.717) is 19.3 Å². The topological polar surface area (TPSA) is 17.1 Å². The molecular weight excluding hydrogens is 246 g/mol. The van der Waals surface area contributed by atoms with Gasteiger partial charge < -0.3 is 0 Å². The summed E-state index contributed by atoms with van der Waals surface area (Å²) in [4.78, 5) is 12.2. The maximum Gasteiger partial charge on any atom is 0.183 e. The molecule has 1 aromatic carbocycles. The second kappa shape index (κ2) is 6.96. The van der Waals surface area contributed by atoms with Gasteiger partial charge in [0, 0.05) is 24.4 Å². The van der Waals surface area contributed by atoms with Gasteiger partial charge >= 0.3 is 0 Å². The van der Waals surface area contributed by atoms with Crippen molar-refractivity contribution in [3.63, 3.8) is 0 Å². The van der Waals surface area contributed by atoms with Crippen LogP contribution in [0.2, 0.25) is 5.02 Å². The third-order valence-electron chi connectivity index (χ3n) is 3.14. The summed E-state index contributed by atoms with van der Waals surface area (Å²) in [5.41, 5.74) is 2.61. The molecule has 0 aliphatic heterocycles. The van der Waals surface area contributed by atoms with E-state index >= 15 is 0 Å². The summed E-state index contributed by atoms with van der Waals surface area (Å²) in [5, 5.41) is 0.607. The fraction of sp³-hybridized carbons (Fsp3) is 0.462. The fourth-order valence-corrected chi connectivity index (χ4v) is 4.18. The second-order valence-corrected chi connectivity index (χ2v) is 6.35. The van der Waals surface area contributed by atoms with Crippen LogP contribution in [0.1, 0.15) is 41.6 Å².